The van der Waals surface area contributed by atoms with Gasteiger partial charge in [0.2, 0.25) is 0 Å². The molecule has 2 aromatic rings. The zero-order chi connectivity index (χ0) is 17.6. The summed E-state index contributed by atoms with van der Waals surface area (Å²) in [6, 6.07) is 11.9. The molecule has 1 saturated carbocycles. The van der Waals surface area contributed by atoms with Crippen LogP contribution in [0.25, 0.3) is 0 Å². The van der Waals surface area contributed by atoms with Gasteiger partial charge in [-0.2, -0.15) is 0 Å². The first-order valence-corrected chi connectivity index (χ1v) is 9.23. The Balaban J connectivity index is 1.72. The molecule has 25 heavy (non-hydrogen) atoms. The lowest BCUT2D eigenvalue weighted by atomic mass is 10.2. The summed E-state index contributed by atoms with van der Waals surface area (Å²) in [7, 11) is 0. The number of nitrogens with zero attached hydrogens (tertiary/aromatic N) is 3. The number of benzene rings is 1. The van der Waals surface area contributed by atoms with Gasteiger partial charge >= 0.3 is 0 Å². The van der Waals surface area contributed by atoms with Crippen molar-refractivity contribution >= 4 is 5.91 Å². The normalized spacial score (nSPS) is 14.0. The number of amides is 1. The first-order valence-electron chi connectivity index (χ1n) is 9.23. The van der Waals surface area contributed by atoms with Crippen molar-refractivity contribution in [3.05, 3.63) is 53.4 Å². The van der Waals surface area contributed by atoms with E-state index in [1.165, 1.54) is 0 Å². The zero-order valence-electron chi connectivity index (χ0n) is 15.1. The van der Waals surface area contributed by atoms with Crippen molar-refractivity contribution in [3.8, 4) is 0 Å². The number of aromatic nitrogens is 1. The Labute approximate surface area is 149 Å². The lowest BCUT2D eigenvalue weighted by Gasteiger charge is -2.26. The maximum absolute atomic E-state index is 13.0. The van der Waals surface area contributed by atoms with Crippen LogP contribution in [0.2, 0.25) is 0 Å². The van der Waals surface area contributed by atoms with Crippen molar-refractivity contribution in [2.24, 2.45) is 0 Å². The van der Waals surface area contributed by atoms with Gasteiger partial charge in [-0.05, 0) is 31.5 Å². The quantitative estimate of drug-likeness (QED) is 0.700. The van der Waals surface area contributed by atoms with Crippen LogP contribution in [0.4, 0.5) is 0 Å². The van der Waals surface area contributed by atoms with Gasteiger partial charge in [-0.25, -0.2) is 0 Å². The molecular formula is C20H27N3O2. The largest absolute Gasteiger partial charge is 0.360 e. The summed E-state index contributed by atoms with van der Waals surface area (Å²) in [5.41, 5.74) is 1.55. The summed E-state index contributed by atoms with van der Waals surface area (Å²) in [5, 5.41) is 4.03. The molecule has 0 N–H and O–H groups in total. The number of likely N-dealkylation sites (N-methyl/N-ethyl adjacent to an activating group) is 1. The minimum atomic E-state index is -0.0494. The standard InChI is InChI=1S/C20H27N3O2/c1-3-22(4-2)12-13-23(15-16-8-6-5-7-9-16)20(24)18-14-19(25-21-18)17-10-11-17/h5-9,14,17H,3-4,10-13,15H2,1-2H3. The summed E-state index contributed by atoms with van der Waals surface area (Å²) < 4.78 is 5.37. The molecule has 1 aliphatic carbocycles. The van der Waals surface area contributed by atoms with Crippen molar-refractivity contribution in [1.82, 2.24) is 15.0 Å². The van der Waals surface area contributed by atoms with Crippen LogP contribution in [0.5, 0.6) is 0 Å². The summed E-state index contributed by atoms with van der Waals surface area (Å²) >= 11 is 0. The molecule has 0 spiro atoms. The minimum Gasteiger partial charge on any atom is -0.360 e. The number of carbonyl (C=O) groups is 1. The number of rotatable bonds is 9. The molecule has 5 nitrogen and oxygen atoms in total. The van der Waals surface area contributed by atoms with Crippen molar-refractivity contribution in [2.45, 2.75) is 39.2 Å². The summed E-state index contributed by atoms with van der Waals surface area (Å²) in [4.78, 5) is 17.2. The van der Waals surface area contributed by atoms with Crippen LogP contribution in [0.15, 0.2) is 40.9 Å². The third-order valence-corrected chi connectivity index (χ3v) is 4.81. The van der Waals surface area contributed by atoms with E-state index in [0.717, 1.165) is 43.8 Å². The molecule has 1 aromatic carbocycles. The Kier molecular flexibility index (Phi) is 5.87. The average Bonchev–Trinajstić information content (AvgIpc) is 3.38. The zero-order valence-corrected chi connectivity index (χ0v) is 15.1. The second kappa shape index (κ2) is 8.30. The molecule has 0 saturated heterocycles. The lowest BCUT2D eigenvalue weighted by Crippen LogP contribution is -2.38. The minimum absolute atomic E-state index is 0.0494. The highest BCUT2D eigenvalue weighted by Crippen LogP contribution is 2.40. The molecule has 0 radical (unpaired) electrons. The second-order valence-corrected chi connectivity index (χ2v) is 6.63. The molecule has 0 atom stereocenters. The highest BCUT2D eigenvalue weighted by atomic mass is 16.5. The topological polar surface area (TPSA) is 49.6 Å². The van der Waals surface area contributed by atoms with Crippen molar-refractivity contribution in [3.63, 3.8) is 0 Å². The van der Waals surface area contributed by atoms with Crippen LogP contribution in [0.3, 0.4) is 0 Å². The van der Waals surface area contributed by atoms with E-state index in [-0.39, 0.29) is 5.91 Å². The number of carbonyl (C=O) groups excluding carboxylic acids is 1. The van der Waals surface area contributed by atoms with E-state index in [1.807, 2.05) is 29.2 Å². The molecule has 0 unspecified atom stereocenters. The first-order chi connectivity index (χ1) is 12.2. The highest BCUT2D eigenvalue weighted by Gasteiger charge is 2.30. The van der Waals surface area contributed by atoms with Gasteiger partial charge in [-0.3, -0.25) is 4.79 Å². The van der Waals surface area contributed by atoms with Gasteiger partial charge in [0.05, 0.1) is 0 Å². The number of hydrogen-bond donors (Lipinski definition) is 0. The lowest BCUT2D eigenvalue weighted by molar-refractivity contribution is 0.0713. The van der Waals surface area contributed by atoms with Gasteiger partial charge in [-0.15, -0.1) is 0 Å². The molecule has 1 aromatic heterocycles. The van der Waals surface area contributed by atoms with Crippen LogP contribution in [0, 0.1) is 0 Å². The van der Waals surface area contributed by atoms with Gasteiger partial charge in [0.1, 0.15) is 5.76 Å². The van der Waals surface area contributed by atoms with Crippen molar-refractivity contribution < 1.29 is 9.32 Å². The smallest absolute Gasteiger partial charge is 0.276 e. The van der Waals surface area contributed by atoms with Crippen LogP contribution in [0.1, 0.15) is 54.4 Å². The van der Waals surface area contributed by atoms with Crippen LogP contribution in [-0.4, -0.2) is 47.0 Å². The second-order valence-electron chi connectivity index (χ2n) is 6.63. The summed E-state index contributed by atoms with van der Waals surface area (Å²) in [6.07, 6.45) is 2.27. The average molecular weight is 341 g/mol. The first kappa shape index (κ1) is 17.7. The predicted octanol–water partition coefficient (Wildman–Crippen LogP) is 3.54. The van der Waals surface area contributed by atoms with E-state index in [1.54, 1.807) is 0 Å². The molecule has 3 rings (SSSR count). The molecular weight excluding hydrogens is 314 g/mol. The molecule has 0 bridgehead atoms. The van der Waals surface area contributed by atoms with Crippen LogP contribution >= 0.6 is 0 Å². The van der Waals surface area contributed by atoms with Gasteiger partial charge in [-0.1, -0.05) is 49.3 Å². The van der Waals surface area contributed by atoms with Gasteiger partial charge < -0.3 is 14.3 Å². The van der Waals surface area contributed by atoms with Gasteiger partial charge in [0, 0.05) is 31.6 Å². The maximum Gasteiger partial charge on any atom is 0.276 e. The van der Waals surface area contributed by atoms with Crippen molar-refractivity contribution in [1.29, 1.82) is 0 Å². The third-order valence-electron chi connectivity index (χ3n) is 4.81. The fourth-order valence-corrected chi connectivity index (χ4v) is 2.97. The molecule has 1 fully saturated rings. The van der Waals surface area contributed by atoms with Crippen molar-refractivity contribution in [2.75, 3.05) is 26.2 Å². The molecule has 1 aliphatic rings. The fourth-order valence-electron chi connectivity index (χ4n) is 2.97. The van der Waals surface area contributed by atoms with E-state index in [2.05, 4.69) is 36.0 Å². The molecule has 5 heteroatoms. The molecule has 134 valence electrons. The van der Waals surface area contributed by atoms with E-state index in [0.29, 0.717) is 24.7 Å². The maximum atomic E-state index is 13.0. The summed E-state index contributed by atoms with van der Waals surface area (Å²) in [5.74, 6) is 1.27. The Morgan fingerprint density at radius 2 is 1.88 bits per heavy atom. The van der Waals surface area contributed by atoms with E-state index in [4.69, 9.17) is 4.52 Å². The van der Waals surface area contributed by atoms with E-state index < -0.39 is 0 Å². The Hall–Kier alpha value is -2.14. The van der Waals surface area contributed by atoms with Crippen LogP contribution < -0.4 is 0 Å². The molecule has 0 aliphatic heterocycles. The number of hydrogen-bond acceptors (Lipinski definition) is 4. The molecule has 1 heterocycles. The highest BCUT2D eigenvalue weighted by molar-refractivity contribution is 5.92. The monoisotopic (exact) mass is 341 g/mol. The third kappa shape index (κ3) is 4.69. The Bertz CT molecular complexity index is 675. The van der Waals surface area contributed by atoms with E-state index >= 15 is 0 Å². The SMILES string of the molecule is CCN(CC)CCN(Cc1ccccc1)C(=O)c1cc(C2CC2)on1. The Morgan fingerprint density at radius 1 is 1.16 bits per heavy atom. The molecule has 1 amide bonds. The summed E-state index contributed by atoms with van der Waals surface area (Å²) in [6.45, 7) is 8.39. The van der Waals surface area contributed by atoms with Crippen LogP contribution in [-0.2, 0) is 6.54 Å². The van der Waals surface area contributed by atoms with Gasteiger partial charge in [0.15, 0.2) is 5.69 Å². The van der Waals surface area contributed by atoms with Gasteiger partial charge in [0.25, 0.3) is 5.91 Å². The Morgan fingerprint density at radius 3 is 2.52 bits per heavy atom. The fraction of sp³-hybridized carbons (Fsp3) is 0.500. The predicted molar refractivity (Wildman–Crippen MR) is 97.4 cm³/mol. The van der Waals surface area contributed by atoms with E-state index in [9.17, 15) is 4.79 Å².